The lowest BCUT2D eigenvalue weighted by molar-refractivity contribution is 0.552. The van der Waals surface area contributed by atoms with Crippen molar-refractivity contribution < 1.29 is 0 Å². The molecule has 100 valence electrons. The molecule has 4 nitrogen and oxygen atoms in total. The molecule has 0 aliphatic carbocycles. The Morgan fingerprint density at radius 3 is 2.68 bits per heavy atom. The summed E-state index contributed by atoms with van der Waals surface area (Å²) in [5.74, 6) is 6.05. The molecule has 1 aromatic carbocycles. The molecule has 2 rings (SSSR count). The largest absolute Gasteiger partial charge is 0.383 e. The van der Waals surface area contributed by atoms with E-state index in [-0.39, 0.29) is 6.04 Å². The molecule has 1 aromatic heterocycles. The third-order valence-electron chi connectivity index (χ3n) is 2.89. The van der Waals surface area contributed by atoms with Crippen LogP contribution in [0.3, 0.4) is 0 Å². The minimum atomic E-state index is -0.160. The number of anilines is 1. The lowest BCUT2D eigenvalue weighted by Crippen LogP contribution is -2.30. The van der Waals surface area contributed by atoms with Crippen LogP contribution in [-0.4, -0.2) is 4.98 Å². The van der Waals surface area contributed by atoms with Crippen molar-refractivity contribution in [1.82, 2.24) is 10.4 Å². The Morgan fingerprint density at radius 2 is 2.05 bits per heavy atom. The summed E-state index contributed by atoms with van der Waals surface area (Å²) in [6.07, 6.45) is 2.24. The number of rotatable bonds is 4. The number of aromatic nitrogens is 1. The highest BCUT2D eigenvalue weighted by atomic mass is 35.5. The minimum absolute atomic E-state index is 0.160. The first-order chi connectivity index (χ1) is 9.11. The first-order valence-corrected chi connectivity index (χ1v) is 6.48. The highest BCUT2D eigenvalue weighted by molar-refractivity contribution is 6.35. The van der Waals surface area contributed by atoms with E-state index >= 15 is 0 Å². The molecule has 19 heavy (non-hydrogen) atoms. The van der Waals surface area contributed by atoms with Gasteiger partial charge < -0.3 is 5.73 Å². The molecule has 1 unspecified atom stereocenters. The normalized spacial score (nSPS) is 12.4. The Kier molecular flexibility index (Phi) is 4.61. The second kappa shape index (κ2) is 6.21. The van der Waals surface area contributed by atoms with E-state index in [1.165, 1.54) is 0 Å². The van der Waals surface area contributed by atoms with Crippen LogP contribution >= 0.6 is 23.2 Å². The Balaban J connectivity index is 2.27. The molecule has 0 bridgehead atoms. The molecule has 0 amide bonds. The molecule has 1 atom stereocenters. The molecule has 0 aliphatic heterocycles. The Hall–Kier alpha value is -1.33. The maximum atomic E-state index is 6.16. The molecule has 0 fully saturated rings. The Morgan fingerprint density at radius 1 is 1.26 bits per heavy atom. The summed E-state index contributed by atoms with van der Waals surface area (Å²) in [5, 5.41) is 1.21. The fourth-order valence-corrected chi connectivity index (χ4v) is 2.38. The van der Waals surface area contributed by atoms with E-state index in [0.29, 0.717) is 22.3 Å². The van der Waals surface area contributed by atoms with Gasteiger partial charge in [-0.25, -0.2) is 4.98 Å². The van der Waals surface area contributed by atoms with Crippen molar-refractivity contribution >= 4 is 29.0 Å². The second-order valence-corrected chi connectivity index (χ2v) is 4.98. The molecular weight excluding hydrogens is 283 g/mol. The molecule has 6 heteroatoms. The summed E-state index contributed by atoms with van der Waals surface area (Å²) in [4.78, 5) is 4.05. The third kappa shape index (κ3) is 3.36. The van der Waals surface area contributed by atoms with Crippen molar-refractivity contribution in [3.05, 3.63) is 57.7 Å². The van der Waals surface area contributed by atoms with Gasteiger partial charge in [0, 0.05) is 21.8 Å². The van der Waals surface area contributed by atoms with Gasteiger partial charge in [-0.2, -0.15) is 0 Å². The van der Waals surface area contributed by atoms with E-state index in [1.54, 1.807) is 18.3 Å². The van der Waals surface area contributed by atoms with E-state index in [4.69, 9.17) is 34.8 Å². The van der Waals surface area contributed by atoms with Gasteiger partial charge in [-0.05, 0) is 30.2 Å². The number of nitrogens with two attached hydrogens (primary N) is 2. The number of nitrogen functional groups attached to an aromatic ring is 1. The molecule has 2 aromatic rings. The molecule has 0 spiro atoms. The second-order valence-electron chi connectivity index (χ2n) is 4.14. The molecular formula is C13H14Cl2N4. The number of hydrogen-bond acceptors (Lipinski definition) is 4. The van der Waals surface area contributed by atoms with Gasteiger partial charge in [-0.1, -0.05) is 35.3 Å². The first-order valence-electron chi connectivity index (χ1n) is 5.72. The molecule has 0 radical (unpaired) electrons. The van der Waals surface area contributed by atoms with Crippen LogP contribution in [0, 0.1) is 0 Å². The van der Waals surface area contributed by atoms with E-state index in [9.17, 15) is 0 Å². The van der Waals surface area contributed by atoms with E-state index in [1.807, 2.05) is 18.2 Å². The number of hydrazine groups is 1. The van der Waals surface area contributed by atoms with Gasteiger partial charge in [0.2, 0.25) is 0 Å². The van der Waals surface area contributed by atoms with Gasteiger partial charge in [-0.3, -0.25) is 11.3 Å². The summed E-state index contributed by atoms with van der Waals surface area (Å²) >= 11 is 12.0. The average Bonchev–Trinajstić information content (AvgIpc) is 2.39. The molecule has 5 N–H and O–H groups in total. The number of benzene rings is 1. The number of hydrogen-bond donors (Lipinski definition) is 3. The number of halogens is 2. The molecule has 0 saturated carbocycles. The van der Waals surface area contributed by atoms with Gasteiger partial charge >= 0.3 is 0 Å². The third-order valence-corrected chi connectivity index (χ3v) is 3.47. The monoisotopic (exact) mass is 296 g/mol. The maximum Gasteiger partial charge on any atom is 0.128 e. The zero-order chi connectivity index (χ0) is 13.8. The Bertz CT molecular complexity index is 574. The van der Waals surface area contributed by atoms with Gasteiger partial charge in [0.05, 0.1) is 6.04 Å². The summed E-state index contributed by atoms with van der Waals surface area (Å²) in [7, 11) is 0. The van der Waals surface area contributed by atoms with Crippen LogP contribution < -0.4 is 17.0 Å². The summed E-state index contributed by atoms with van der Waals surface area (Å²) < 4.78 is 0. The van der Waals surface area contributed by atoms with Crippen LogP contribution in [0.5, 0.6) is 0 Å². The van der Waals surface area contributed by atoms with Crippen LogP contribution in [0.15, 0.2) is 36.5 Å². The zero-order valence-corrected chi connectivity index (χ0v) is 11.6. The quantitative estimate of drug-likeness (QED) is 0.599. The topological polar surface area (TPSA) is 77.0 Å². The van der Waals surface area contributed by atoms with Crippen molar-refractivity contribution in [3.8, 4) is 0 Å². The average molecular weight is 297 g/mol. The first kappa shape index (κ1) is 14.1. The van der Waals surface area contributed by atoms with E-state index < -0.39 is 0 Å². The maximum absolute atomic E-state index is 6.16. The van der Waals surface area contributed by atoms with E-state index in [2.05, 4.69) is 10.4 Å². The molecule has 1 heterocycles. The van der Waals surface area contributed by atoms with Crippen molar-refractivity contribution in [3.63, 3.8) is 0 Å². The fraction of sp³-hybridized carbons (Fsp3) is 0.154. The lowest BCUT2D eigenvalue weighted by atomic mass is 10.00. The minimum Gasteiger partial charge on any atom is -0.383 e. The Labute approximate surface area is 121 Å². The van der Waals surface area contributed by atoms with Crippen molar-refractivity contribution in [2.24, 2.45) is 5.84 Å². The standard InChI is InChI=1S/C13H14Cl2N4/c14-9-4-3-8(11(15)7-9)6-12(19-17)10-2-1-5-18-13(10)16/h1-5,7,12,19H,6,17H2,(H2,16,18). The van der Waals surface area contributed by atoms with Crippen molar-refractivity contribution in [2.75, 3.05) is 5.73 Å². The summed E-state index contributed by atoms with van der Waals surface area (Å²) in [6, 6.07) is 8.92. The smallest absolute Gasteiger partial charge is 0.128 e. The van der Waals surface area contributed by atoms with Crippen LogP contribution in [0.2, 0.25) is 10.0 Å². The van der Waals surface area contributed by atoms with Gasteiger partial charge in [0.15, 0.2) is 0 Å². The van der Waals surface area contributed by atoms with Crippen molar-refractivity contribution in [2.45, 2.75) is 12.5 Å². The van der Waals surface area contributed by atoms with Crippen LogP contribution in [0.25, 0.3) is 0 Å². The fourth-order valence-electron chi connectivity index (χ4n) is 1.89. The highest BCUT2D eigenvalue weighted by Gasteiger charge is 2.15. The van der Waals surface area contributed by atoms with Crippen LogP contribution in [0.4, 0.5) is 5.82 Å². The molecule has 0 aliphatic rings. The van der Waals surface area contributed by atoms with Gasteiger partial charge in [0.1, 0.15) is 5.82 Å². The zero-order valence-electron chi connectivity index (χ0n) is 10.1. The predicted molar refractivity (Wildman–Crippen MR) is 78.9 cm³/mol. The summed E-state index contributed by atoms with van der Waals surface area (Å²) in [6.45, 7) is 0. The van der Waals surface area contributed by atoms with E-state index in [0.717, 1.165) is 11.1 Å². The number of pyridine rings is 1. The summed E-state index contributed by atoms with van der Waals surface area (Å²) in [5.41, 5.74) is 10.4. The predicted octanol–water partition coefficient (Wildman–Crippen LogP) is 2.72. The van der Waals surface area contributed by atoms with Crippen LogP contribution in [0.1, 0.15) is 17.2 Å². The highest BCUT2D eigenvalue weighted by Crippen LogP contribution is 2.27. The number of nitrogens with one attached hydrogen (secondary N) is 1. The SMILES string of the molecule is NNC(Cc1ccc(Cl)cc1Cl)c1cccnc1N. The number of nitrogens with zero attached hydrogens (tertiary/aromatic N) is 1. The van der Waals surface area contributed by atoms with Crippen LogP contribution in [-0.2, 0) is 6.42 Å². The van der Waals surface area contributed by atoms with Crippen molar-refractivity contribution in [1.29, 1.82) is 0 Å². The van der Waals surface area contributed by atoms with Gasteiger partial charge in [-0.15, -0.1) is 0 Å². The molecule has 0 saturated heterocycles. The lowest BCUT2D eigenvalue weighted by Gasteiger charge is -2.18. The van der Waals surface area contributed by atoms with Gasteiger partial charge in [0.25, 0.3) is 0 Å².